The van der Waals surface area contributed by atoms with E-state index in [1.54, 1.807) is 0 Å². The van der Waals surface area contributed by atoms with Gasteiger partial charge >= 0.3 is 0 Å². The smallest absolute Gasteiger partial charge is 0.236 e. The second-order valence-corrected chi connectivity index (χ2v) is 8.50. The van der Waals surface area contributed by atoms with E-state index in [0.29, 0.717) is 24.3 Å². The molecule has 3 fully saturated rings. The Morgan fingerprint density at radius 2 is 1.75 bits per heavy atom. The van der Waals surface area contributed by atoms with Gasteiger partial charge in [-0.25, -0.2) is 0 Å². The first kappa shape index (κ1) is 18.2. The second kappa shape index (κ2) is 8.15. The van der Waals surface area contributed by atoms with E-state index in [4.69, 9.17) is 4.74 Å². The average Bonchev–Trinajstić information content (AvgIpc) is 2.38. The minimum absolute atomic E-state index is 0.316. The third-order valence-corrected chi connectivity index (χ3v) is 6.24. The van der Waals surface area contributed by atoms with Gasteiger partial charge in [0, 0.05) is 39.3 Å². The first-order valence-electron chi connectivity index (χ1n) is 9.83. The summed E-state index contributed by atoms with van der Waals surface area (Å²) in [6.07, 6.45) is 1.25. The molecule has 3 aliphatic heterocycles. The maximum Gasteiger partial charge on any atom is 0.236 e. The molecule has 0 aromatic heterocycles. The highest BCUT2D eigenvalue weighted by atomic mass is 16.5. The van der Waals surface area contributed by atoms with Crippen LogP contribution in [0.4, 0.5) is 0 Å². The lowest BCUT2D eigenvalue weighted by Gasteiger charge is -2.44. The van der Waals surface area contributed by atoms with Crippen molar-refractivity contribution in [3.8, 4) is 0 Å². The number of likely N-dealkylation sites (tertiary alicyclic amines) is 3. The van der Waals surface area contributed by atoms with Crippen molar-refractivity contribution in [3.05, 3.63) is 0 Å². The van der Waals surface area contributed by atoms with Crippen LogP contribution >= 0.6 is 0 Å². The number of hydrogen-bond donors (Lipinski definition) is 0. The molecular weight excluding hydrogens is 302 g/mol. The van der Waals surface area contributed by atoms with E-state index in [0.717, 1.165) is 57.8 Å². The maximum absolute atomic E-state index is 12.1. The minimum Gasteiger partial charge on any atom is -0.380 e. The van der Waals surface area contributed by atoms with E-state index in [1.807, 2.05) is 4.90 Å². The van der Waals surface area contributed by atoms with Gasteiger partial charge in [-0.15, -0.1) is 0 Å². The first-order chi connectivity index (χ1) is 11.5. The molecule has 24 heavy (non-hydrogen) atoms. The molecule has 5 heteroatoms. The normalized spacial score (nSPS) is 24.6. The van der Waals surface area contributed by atoms with Gasteiger partial charge in [0.15, 0.2) is 0 Å². The summed E-state index contributed by atoms with van der Waals surface area (Å²) in [5.74, 6) is 3.19. The predicted octanol–water partition coefficient (Wildman–Crippen LogP) is 1.39. The fourth-order valence-electron chi connectivity index (χ4n) is 3.72. The third-order valence-electron chi connectivity index (χ3n) is 6.24. The highest BCUT2D eigenvalue weighted by Crippen LogP contribution is 2.25. The van der Waals surface area contributed by atoms with Crippen LogP contribution in [0.1, 0.15) is 27.2 Å². The van der Waals surface area contributed by atoms with Crippen LogP contribution in [0.5, 0.6) is 0 Å². The van der Waals surface area contributed by atoms with Gasteiger partial charge < -0.3 is 14.5 Å². The Morgan fingerprint density at radius 3 is 2.33 bits per heavy atom. The van der Waals surface area contributed by atoms with Gasteiger partial charge in [-0.05, 0) is 43.2 Å². The number of nitrogens with zero attached hydrogens (tertiary/aromatic N) is 3. The highest BCUT2D eigenvalue weighted by Gasteiger charge is 2.35. The van der Waals surface area contributed by atoms with Crippen LogP contribution in [0, 0.1) is 23.7 Å². The molecule has 0 radical (unpaired) electrons. The van der Waals surface area contributed by atoms with Crippen molar-refractivity contribution in [2.24, 2.45) is 23.7 Å². The van der Waals surface area contributed by atoms with Crippen molar-refractivity contribution in [3.63, 3.8) is 0 Å². The summed E-state index contributed by atoms with van der Waals surface area (Å²) in [4.78, 5) is 18.8. The molecule has 3 aliphatic rings. The Bertz CT molecular complexity index is 413. The summed E-state index contributed by atoms with van der Waals surface area (Å²) in [5, 5.41) is 0. The molecule has 0 saturated carbocycles. The molecule has 0 aromatic rings. The van der Waals surface area contributed by atoms with Crippen LogP contribution < -0.4 is 0 Å². The second-order valence-electron chi connectivity index (χ2n) is 8.50. The van der Waals surface area contributed by atoms with Gasteiger partial charge in [-0.2, -0.15) is 0 Å². The molecule has 0 aliphatic carbocycles. The number of amides is 1. The number of ether oxygens (including phenoxy) is 1. The van der Waals surface area contributed by atoms with E-state index in [-0.39, 0.29) is 0 Å². The van der Waals surface area contributed by atoms with E-state index < -0.39 is 0 Å². The Balaban J connectivity index is 1.20. The monoisotopic (exact) mass is 337 g/mol. The zero-order valence-corrected chi connectivity index (χ0v) is 15.7. The Morgan fingerprint density at radius 1 is 1.04 bits per heavy atom. The van der Waals surface area contributed by atoms with Crippen LogP contribution in [0.2, 0.25) is 0 Å². The van der Waals surface area contributed by atoms with E-state index >= 15 is 0 Å². The lowest BCUT2D eigenvalue weighted by Crippen LogP contribution is -2.56. The molecule has 138 valence electrons. The number of carbonyl (C=O) groups is 1. The molecule has 3 rings (SSSR count). The van der Waals surface area contributed by atoms with E-state index in [2.05, 4.69) is 30.6 Å². The van der Waals surface area contributed by atoms with Crippen LogP contribution in [-0.2, 0) is 9.53 Å². The molecule has 0 N–H and O–H groups in total. The zero-order valence-electron chi connectivity index (χ0n) is 15.7. The van der Waals surface area contributed by atoms with Crippen LogP contribution in [0.25, 0.3) is 0 Å². The lowest BCUT2D eigenvalue weighted by atomic mass is 9.87. The molecule has 0 bridgehead atoms. The van der Waals surface area contributed by atoms with Gasteiger partial charge in [0.25, 0.3) is 0 Å². The fraction of sp³-hybridized carbons (Fsp3) is 0.947. The van der Waals surface area contributed by atoms with Crippen molar-refractivity contribution in [2.45, 2.75) is 27.2 Å². The summed E-state index contributed by atoms with van der Waals surface area (Å²) in [6.45, 7) is 16.8. The maximum atomic E-state index is 12.1. The van der Waals surface area contributed by atoms with Gasteiger partial charge in [0.2, 0.25) is 5.91 Å². The van der Waals surface area contributed by atoms with Gasteiger partial charge in [-0.3, -0.25) is 9.69 Å². The molecule has 5 nitrogen and oxygen atoms in total. The SMILES string of the molecule is CC(C)C1CN(CCOCC(C)C2CN(C(=O)CN3CCC3)C2)C1. The largest absolute Gasteiger partial charge is 0.380 e. The summed E-state index contributed by atoms with van der Waals surface area (Å²) >= 11 is 0. The molecule has 0 spiro atoms. The van der Waals surface area contributed by atoms with E-state index in [1.165, 1.54) is 19.5 Å². The molecule has 0 aromatic carbocycles. The number of hydrogen-bond acceptors (Lipinski definition) is 4. The zero-order chi connectivity index (χ0) is 17.1. The van der Waals surface area contributed by atoms with Crippen molar-refractivity contribution in [1.82, 2.24) is 14.7 Å². The quantitative estimate of drug-likeness (QED) is 0.596. The molecule has 1 atom stereocenters. The minimum atomic E-state index is 0.316. The van der Waals surface area contributed by atoms with Crippen LogP contribution in [-0.4, -0.2) is 86.2 Å². The lowest BCUT2D eigenvalue weighted by molar-refractivity contribution is -0.141. The summed E-state index contributed by atoms with van der Waals surface area (Å²) in [5.41, 5.74) is 0. The van der Waals surface area contributed by atoms with E-state index in [9.17, 15) is 4.79 Å². The van der Waals surface area contributed by atoms with Crippen LogP contribution in [0.15, 0.2) is 0 Å². The van der Waals surface area contributed by atoms with Gasteiger partial charge in [0.05, 0.1) is 13.2 Å². The Labute approximate surface area is 147 Å². The van der Waals surface area contributed by atoms with Crippen molar-refractivity contribution >= 4 is 5.91 Å². The van der Waals surface area contributed by atoms with Crippen molar-refractivity contribution in [1.29, 1.82) is 0 Å². The van der Waals surface area contributed by atoms with Gasteiger partial charge in [0.1, 0.15) is 0 Å². The summed E-state index contributed by atoms with van der Waals surface area (Å²) < 4.78 is 5.89. The van der Waals surface area contributed by atoms with Gasteiger partial charge in [-0.1, -0.05) is 20.8 Å². The average molecular weight is 338 g/mol. The fourth-order valence-corrected chi connectivity index (χ4v) is 3.72. The topological polar surface area (TPSA) is 36.0 Å². The Kier molecular flexibility index (Phi) is 6.17. The molecule has 3 saturated heterocycles. The molecule has 1 unspecified atom stereocenters. The van der Waals surface area contributed by atoms with Crippen LogP contribution in [0.3, 0.4) is 0 Å². The molecule has 1 amide bonds. The first-order valence-corrected chi connectivity index (χ1v) is 9.83. The van der Waals surface area contributed by atoms with Crippen molar-refractivity contribution in [2.75, 3.05) is 65.6 Å². The van der Waals surface area contributed by atoms with Crippen molar-refractivity contribution < 1.29 is 9.53 Å². The molecular formula is C19H35N3O2. The third kappa shape index (κ3) is 4.50. The number of carbonyl (C=O) groups excluding carboxylic acids is 1. The summed E-state index contributed by atoms with van der Waals surface area (Å²) in [6, 6.07) is 0. The Hall–Kier alpha value is -0.650. The molecule has 3 heterocycles. The number of rotatable bonds is 9. The highest BCUT2D eigenvalue weighted by molar-refractivity contribution is 5.79. The standard InChI is InChI=1S/C19H35N3O2/c1-15(2)17-9-21(10-17)7-8-24-14-16(3)18-11-22(12-18)19(23)13-20-5-4-6-20/h15-18H,4-14H2,1-3H3. The summed E-state index contributed by atoms with van der Waals surface area (Å²) in [7, 11) is 0. The predicted molar refractivity (Wildman–Crippen MR) is 95.9 cm³/mol.